The van der Waals surface area contributed by atoms with Crippen molar-refractivity contribution in [2.75, 3.05) is 6.79 Å². The molecule has 1 aliphatic rings. The number of nitrogens with zero attached hydrogens (tertiary/aromatic N) is 1. The fourth-order valence-corrected chi connectivity index (χ4v) is 2.07. The van der Waals surface area contributed by atoms with Gasteiger partial charge in [-0.2, -0.15) is 4.74 Å². The molecule has 4 nitrogen and oxygen atoms in total. The lowest BCUT2D eigenvalue weighted by Crippen LogP contribution is -1.99. The van der Waals surface area contributed by atoms with E-state index in [4.69, 9.17) is 9.47 Å². The van der Waals surface area contributed by atoms with Gasteiger partial charge in [0, 0.05) is 17.7 Å². The standard InChI is InChI=1S/C16H15NO3/c1-11-3-5-14(7-12(11)2)17(18)9-13-4-6-15-16(8-13)20-10-19-15/h3-9H,10H2,1-2H3/b17-9-. The first-order valence-electron chi connectivity index (χ1n) is 6.41. The van der Waals surface area contributed by atoms with Crippen LogP contribution in [0.25, 0.3) is 0 Å². The Morgan fingerprint density at radius 1 is 1.00 bits per heavy atom. The molecule has 0 N–H and O–H groups in total. The quantitative estimate of drug-likeness (QED) is 0.364. The number of benzene rings is 2. The first kappa shape index (κ1) is 12.5. The largest absolute Gasteiger partial charge is 0.618 e. The second-order valence-electron chi connectivity index (χ2n) is 4.84. The summed E-state index contributed by atoms with van der Waals surface area (Å²) >= 11 is 0. The molecule has 0 spiro atoms. The Morgan fingerprint density at radius 3 is 2.60 bits per heavy atom. The molecule has 0 saturated carbocycles. The molecule has 0 radical (unpaired) electrons. The molecular formula is C16H15NO3. The summed E-state index contributed by atoms with van der Waals surface area (Å²) in [6.07, 6.45) is 1.53. The Balaban J connectivity index is 1.92. The van der Waals surface area contributed by atoms with E-state index in [9.17, 15) is 5.21 Å². The van der Waals surface area contributed by atoms with E-state index in [-0.39, 0.29) is 6.79 Å². The van der Waals surface area contributed by atoms with Gasteiger partial charge in [0.2, 0.25) is 12.5 Å². The Labute approximate surface area is 117 Å². The van der Waals surface area contributed by atoms with E-state index in [1.54, 1.807) is 6.07 Å². The van der Waals surface area contributed by atoms with Gasteiger partial charge in [0.25, 0.3) is 0 Å². The van der Waals surface area contributed by atoms with Crippen molar-refractivity contribution in [1.82, 2.24) is 0 Å². The summed E-state index contributed by atoms with van der Waals surface area (Å²) in [5, 5.41) is 12.2. The third kappa shape index (κ3) is 2.32. The molecule has 0 saturated heterocycles. The zero-order valence-corrected chi connectivity index (χ0v) is 11.4. The lowest BCUT2D eigenvalue weighted by molar-refractivity contribution is -0.354. The summed E-state index contributed by atoms with van der Waals surface area (Å²) < 4.78 is 11.4. The molecule has 0 aromatic heterocycles. The van der Waals surface area contributed by atoms with Crippen LogP contribution in [0, 0.1) is 19.1 Å². The van der Waals surface area contributed by atoms with Crippen LogP contribution in [0.5, 0.6) is 11.5 Å². The summed E-state index contributed by atoms with van der Waals surface area (Å²) in [6.45, 7) is 4.25. The number of hydrogen-bond donors (Lipinski definition) is 0. The fraction of sp³-hybridized carbons (Fsp3) is 0.188. The van der Waals surface area contributed by atoms with Crippen LogP contribution in [0.15, 0.2) is 36.4 Å². The van der Waals surface area contributed by atoms with E-state index in [2.05, 4.69) is 0 Å². The van der Waals surface area contributed by atoms with Crippen LogP contribution in [0.1, 0.15) is 16.7 Å². The highest BCUT2D eigenvalue weighted by molar-refractivity contribution is 5.78. The van der Waals surface area contributed by atoms with Gasteiger partial charge in [0.1, 0.15) is 0 Å². The molecule has 4 heteroatoms. The summed E-state index contributed by atoms with van der Waals surface area (Å²) in [5.74, 6) is 1.39. The molecule has 2 aromatic carbocycles. The topological polar surface area (TPSA) is 44.5 Å². The second kappa shape index (κ2) is 4.89. The van der Waals surface area contributed by atoms with Crippen LogP contribution in [-0.4, -0.2) is 17.7 Å². The molecule has 102 valence electrons. The molecule has 1 aliphatic heterocycles. The average Bonchev–Trinajstić information content (AvgIpc) is 2.89. The Morgan fingerprint density at radius 2 is 1.80 bits per heavy atom. The maximum atomic E-state index is 12.2. The first-order valence-corrected chi connectivity index (χ1v) is 6.41. The molecule has 2 aromatic rings. The molecule has 0 aliphatic carbocycles. The molecule has 0 unspecified atom stereocenters. The van der Waals surface area contributed by atoms with Crippen molar-refractivity contribution in [2.45, 2.75) is 13.8 Å². The lowest BCUT2D eigenvalue weighted by atomic mass is 10.1. The Hall–Kier alpha value is -2.49. The van der Waals surface area contributed by atoms with Crippen molar-refractivity contribution < 1.29 is 14.2 Å². The van der Waals surface area contributed by atoms with E-state index < -0.39 is 0 Å². The first-order chi connectivity index (χ1) is 9.63. The van der Waals surface area contributed by atoms with E-state index in [0.717, 1.165) is 15.9 Å². The number of ether oxygens (including phenoxy) is 2. The van der Waals surface area contributed by atoms with Crippen LogP contribution in [-0.2, 0) is 0 Å². The summed E-state index contributed by atoms with van der Waals surface area (Å²) in [4.78, 5) is 0. The van der Waals surface area contributed by atoms with Crippen molar-refractivity contribution in [1.29, 1.82) is 0 Å². The minimum Gasteiger partial charge on any atom is -0.618 e. The maximum absolute atomic E-state index is 12.2. The average molecular weight is 269 g/mol. The fourth-order valence-electron chi connectivity index (χ4n) is 2.07. The van der Waals surface area contributed by atoms with Crippen molar-refractivity contribution >= 4 is 11.9 Å². The predicted octanol–water partition coefficient (Wildman–Crippen LogP) is 3.29. The highest BCUT2D eigenvalue weighted by atomic mass is 16.7. The van der Waals surface area contributed by atoms with Gasteiger partial charge in [-0.15, -0.1) is 0 Å². The summed E-state index contributed by atoms with van der Waals surface area (Å²) in [7, 11) is 0. The maximum Gasteiger partial charge on any atom is 0.231 e. The highest BCUT2D eigenvalue weighted by Gasteiger charge is 2.13. The normalized spacial score (nSPS) is 13.6. The zero-order chi connectivity index (χ0) is 14.1. The van der Waals surface area contributed by atoms with Gasteiger partial charge in [0.15, 0.2) is 17.7 Å². The smallest absolute Gasteiger partial charge is 0.231 e. The molecule has 0 bridgehead atoms. The van der Waals surface area contributed by atoms with Gasteiger partial charge in [-0.1, -0.05) is 6.07 Å². The van der Waals surface area contributed by atoms with Gasteiger partial charge < -0.3 is 14.7 Å². The molecule has 1 heterocycles. The second-order valence-corrected chi connectivity index (χ2v) is 4.84. The van der Waals surface area contributed by atoms with Crippen molar-refractivity contribution in [3.8, 4) is 11.5 Å². The molecule has 3 rings (SSSR count). The van der Waals surface area contributed by atoms with Crippen molar-refractivity contribution in [3.05, 3.63) is 58.3 Å². The van der Waals surface area contributed by atoms with Gasteiger partial charge in [-0.25, -0.2) is 0 Å². The van der Waals surface area contributed by atoms with E-state index >= 15 is 0 Å². The van der Waals surface area contributed by atoms with Crippen molar-refractivity contribution in [3.63, 3.8) is 0 Å². The number of rotatable bonds is 2. The number of aryl methyl sites for hydroxylation is 2. The van der Waals surface area contributed by atoms with Crippen LogP contribution >= 0.6 is 0 Å². The van der Waals surface area contributed by atoms with Gasteiger partial charge in [-0.3, -0.25) is 0 Å². The minimum atomic E-state index is 0.233. The van der Waals surface area contributed by atoms with Crippen LogP contribution in [0.3, 0.4) is 0 Å². The van der Waals surface area contributed by atoms with E-state index in [1.807, 2.05) is 44.2 Å². The third-order valence-corrected chi connectivity index (χ3v) is 3.41. The van der Waals surface area contributed by atoms with Crippen LogP contribution < -0.4 is 9.47 Å². The monoisotopic (exact) mass is 269 g/mol. The number of hydrogen-bond acceptors (Lipinski definition) is 3. The predicted molar refractivity (Wildman–Crippen MR) is 76.9 cm³/mol. The van der Waals surface area contributed by atoms with E-state index in [1.165, 1.54) is 11.8 Å². The molecule has 0 fully saturated rings. The zero-order valence-electron chi connectivity index (χ0n) is 11.4. The van der Waals surface area contributed by atoms with Gasteiger partial charge in [-0.05, 0) is 43.2 Å². The van der Waals surface area contributed by atoms with Gasteiger partial charge in [0.05, 0.1) is 0 Å². The summed E-state index contributed by atoms with van der Waals surface area (Å²) in [5.41, 5.74) is 3.67. The van der Waals surface area contributed by atoms with Gasteiger partial charge >= 0.3 is 0 Å². The highest BCUT2D eigenvalue weighted by Crippen LogP contribution is 2.32. The van der Waals surface area contributed by atoms with Crippen LogP contribution in [0.2, 0.25) is 0 Å². The Kier molecular flexibility index (Phi) is 3.06. The minimum absolute atomic E-state index is 0.233. The van der Waals surface area contributed by atoms with E-state index in [0.29, 0.717) is 17.2 Å². The van der Waals surface area contributed by atoms with Crippen molar-refractivity contribution in [2.24, 2.45) is 0 Å². The Bertz CT molecular complexity index is 692. The third-order valence-electron chi connectivity index (χ3n) is 3.41. The number of fused-ring (bicyclic) bond motifs is 1. The van der Waals surface area contributed by atoms with Crippen LogP contribution in [0.4, 0.5) is 5.69 Å². The molecule has 0 amide bonds. The lowest BCUT2D eigenvalue weighted by Gasteiger charge is -2.06. The molecule has 0 atom stereocenters. The SMILES string of the molecule is Cc1ccc(/[N+]([O-])=C/c2ccc3c(c2)OCO3)cc1C. The summed E-state index contributed by atoms with van der Waals surface area (Å²) in [6, 6.07) is 11.1. The molecular weight excluding hydrogens is 254 g/mol. The molecule has 20 heavy (non-hydrogen) atoms.